The smallest absolute Gasteiger partial charge is 0.410 e. The Morgan fingerprint density at radius 1 is 0.889 bits per heavy atom. The number of likely N-dealkylation sites (tertiary alicyclic amines) is 1. The number of amides is 1. The van der Waals surface area contributed by atoms with Crippen LogP contribution in [0.2, 0.25) is 0 Å². The molecule has 1 saturated heterocycles. The van der Waals surface area contributed by atoms with Crippen LogP contribution in [0.25, 0.3) is 33.6 Å². The van der Waals surface area contributed by atoms with Gasteiger partial charge in [0.15, 0.2) is 5.82 Å². The molecule has 2 aromatic carbocycles. The molecule has 0 bridgehead atoms. The number of ether oxygens (including phenoxy) is 3. The molecule has 7 rings (SSSR count). The van der Waals surface area contributed by atoms with Crippen molar-refractivity contribution >= 4 is 34.1 Å². The van der Waals surface area contributed by atoms with Gasteiger partial charge in [0.2, 0.25) is 0 Å². The Balaban J connectivity index is 1.21. The average molecular weight is 608 g/mol. The molecule has 0 spiro atoms. The number of rotatable bonds is 9. The van der Waals surface area contributed by atoms with E-state index in [9.17, 15) is 9.59 Å². The van der Waals surface area contributed by atoms with Crippen LogP contribution in [0.1, 0.15) is 41.6 Å². The summed E-state index contributed by atoms with van der Waals surface area (Å²) in [6, 6.07) is 19.5. The fourth-order valence-corrected chi connectivity index (χ4v) is 6.38. The first-order valence-corrected chi connectivity index (χ1v) is 15.6. The Morgan fingerprint density at radius 2 is 1.64 bits per heavy atom. The molecule has 3 aromatic heterocycles. The van der Waals surface area contributed by atoms with Gasteiger partial charge in [0.05, 0.1) is 31.0 Å². The van der Waals surface area contributed by atoms with Crippen LogP contribution in [0.15, 0.2) is 66.9 Å². The van der Waals surface area contributed by atoms with Crippen LogP contribution in [-0.4, -0.2) is 63.4 Å². The Labute approximate surface area is 261 Å². The van der Waals surface area contributed by atoms with Crippen LogP contribution in [-0.2, 0) is 29.2 Å². The van der Waals surface area contributed by atoms with Gasteiger partial charge >= 0.3 is 12.1 Å². The molecule has 232 valence electrons. The van der Waals surface area contributed by atoms with Crippen LogP contribution < -0.4 is 4.74 Å². The maximum atomic E-state index is 12.8. The fourth-order valence-electron chi connectivity index (χ4n) is 6.38. The largest absolute Gasteiger partial charge is 0.494 e. The first-order chi connectivity index (χ1) is 22.0. The lowest BCUT2D eigenvalue weighted by molar-refractivity contribution is 0.0600. The highest BCUT2D eigenvalue weighted by Crippen LogP contribution is 2.39. The van der Waals surface area contributed by atoms with E-state index in [1.165, 1.54) is 20.0 Å². The molecule has 10 nitrogen and oxygen atoms in total. The molecule has 2 fully saturated rings. The van der Waals surface area contributed by atoms with Crippen molar-refractivity contribution in [3.8, 4) is 17.3 Å². The van der Waals surface area contributed by atoms with Crippen molar-refractivity contribution in [3.05, 3.63) is 78.0 Å². The van der Waals surface area contributed by atoms with Gasteiger partial charge in [-0.25, -0.2) is 19.6 Å². The minimum Gasteiger partial charge on any atom is -0.494 e. The van der Waals surface area contributed by atoms with E-state index in [0.29, 0.717) is 48.3 Å². The van der Waals surface area contributed by atoms with Crippen LogP contribution in [0, 0.1) is 11.8 Å². The molecule has 1 aliphatic carbocycles. The number of methoxy groups -OCH3 is 2. The van der Waals surface area contributed by atoms with E-state index in [2.05, 4.69) is 21.3 Å². The second-order valence-electron chi connectivity index (χ2n) is 12.1. The van der Waals surface area contributed by atoms with Gasteiger partial charge in [-0.2, -0.15) is 0 Å². The van der Waals surface area contributed by atoms with Gasteiger partial charge in [-0.05, 0) is 73.4 Å². The number of esters is 1. The number of nitrogens with zero attached hydrogens (tertiary/aromatic N) is 5. The summed E-state index contributed by atoms with van der Waals surface area (Å²) in [6.07, 6.45) is 5.64. The lowest BCUT2D eigenvalue weighted by Gasteiger charge is -2.32. The van der Waals surface area contributed by atoms with E-state index in [1.54, 1.807) is 24.1 Å². The van der Waals surface area contributed by atoms with E-state index < -0.39 is 5.97 Å². The van der Waals surface area contributed by atoms with Crippen LogP contribution in [0.5, 0.6) is 5.75 Å². The van der Waals surface area contributed by atoms with Gasteiger partial charge in [0.1, 0.15) is 23.5 Å². The lowest BCUT2D eigenvalue weighted by atomic mass is 9.96. The van der Waals surface area contributed by atoms with E-state index in [4.69, 9.17) is 24.2 Å². The van der Waals surface area contributed by atoms with Gasteiger partial charge in [-0.3, -0.25) is 0 Å². The summed E-state index contributed by atoms with van der Waals surface area (Å²) < 4.78 is 21.0. The highest BCUT2D eigenvalue weighted by atomic mass is 16.6. The van der Waals surface area contributed by atoms with Gasteiger partial charge in [0.25, 0.3) is 0 Å². The van der Waals surface area contributed by atoms with Crippen LogP contribution >= 0.6 is 0 Å². The standard InChI is InChI=1S/C35H37N5O5/c1-43-30-19-27(34(41)44-2)17-28-31(30)40(21-24-12-15-38(16-13-24)35(42)45-22-25-7-4-3-5-8-25)33(37-28)29-18-26-9-6-14-36-32(26)39(29)20-23-10-11-23/h3-9,14,17-19,23-24H,10-13,15-16,20-22H2,1-2H3. The number of hydrogen-bond acceptors (Lipinski definition) is 7. The molecule has 1 aliphatic heterocycles. The Hall–Kier alpha value is -4.86. The number of piperidine rings is 1. The summed E-state index contributed by atoms with van der Waals surface area (Å²) in [6.45, 7) is 3.07. The minimum atomic E-state index is -0.440. The summed E-state index contributed by atoms with van der Waals surface area (Å²) in [4.78, 5) is 37.1. The molecule has 0 radical (unpaired) electrons. The van der Waals surface area contributed by atoms with Crippen molar-refractivity contribution < 1.29 is 23.8 Å². The zero-order valence-electron chi connectivity index (χ0n) is 25.6. The number of fused-ring (bicyclic) bond motifs is 2. The van der Waals surface area contributed by atoms with Gasteiger partial charge in [-0.1, -0.05) is 30.3 Å². The Kier molecular flexibility index (Phi) is 7.87. The normalized spacial score (nSPS) is 15.5. The van der Waals surface area contributed by atoms with Gasteiger partial charge in [0, 0.05) is 37.8 Å². The van der Waals surface area contributed by atoms with E-state index >= 15 is 0 Å². The summed E-state index contributed by atoms with van der Waals surface area (Å²) in [5, 5.41) is 1.07. The van der Waals surface area contributed by atoms with Gasteiger partial charge in [-0.15, -0.1) is 0 Å². The number of carbonyl (C=O) groups excluding carboxylic acids is 2. The summed E-state index contributed by atoms with van der Waals surface area (Å²) in [5.41, 5.74) is 4.81. The number of aromatic nitrogens is 4. The van der Waals surface area contributed by atoms with E-state index in [0.717, 1.165) is 53.0 Å². The molecule has 0 atom stereocenters. The highest BCUT2D eigenvalue weighted by Gasteiger charge is 2.30. The topological polar surface area (TPSA) is 101 Å². The predicted octanol–water partition coefficient (Wildman–Crippen LogP) is 6.31. The van der Waals surface area contributed by atoms with Crippen molar-refractivity contribution in [1.82, 2.24) is 24.0 Å². The molecule has 2 aliphatic rings. The van der Waals surface area contributed by atoms with Crippen molar-refractivity contribution in [2.45, 2.75) is 45.4 Å². The van der Waals surface area contributed by atoms with E-state index in [-0.39, 0.29) is 12.7 Å². The number of carbonyl (C=O) groups is 2. The summed E-state index contributed by atoms with van der Waals surface area (Å²) in [5.74, 6) is 1.87. The molecule has 45 heavy (non-hydrogen) atoms. The minimum absolute atomic E-state index is 0.265. The quantitative estimate of drug-likeness (QED) is 0.181. The molecule has 4 heterocycles. The second-order valence-corrected chi connectivity index (χ2v) is 12.1. The monoisotopic (exact) mass is 607 g/mol. The first-order valence-electron chi connectivity index (χ1n) is 15.6. The molecule has 1 saturated carbocycles. The third-order valence-corrected chi connectivity index (χ3v) is 8.99. The SMILES string of the molecule is COC(=O)c1cc(OC)c2c(c1)nc(-c1cc3cccnc3n1CC1CC1)n2CC1CCN(C(=O)OCc2ccccc2)CC1. The van der Waals surface area contributed by atoms with E-state index in [1.807, 2.05) is 42.6 Å². The van der Waals surface area contributed by atoms with Crippen molar-refractivity contribution in [1.29, 1.82) is 0 Å². The maximum absolute atomic E-state index is 12.8. The zero-order valence-corrected chi connectivity index (χ0v) is 25.6. The number of hydrogen-bond donors (Lipinski definition) is 0. The molecule has 0 N–H and O–H groups in total. The van der Waals surface area contributed by atoms with Crippen molar-refractivity contribution in [2.75, 3.05) is 27.3 Å². The molecule has 5 aromatic rings. The van der Waals surface area contributed by atoms with Crippen LogP contribution in [0.4, 0.5) is 4.79 Å². The first kappa shape index (κ1) is 28.9. The Morgan fingerprint density at radius 3 is 2.38 bits per heavy atom. The molecule has 10 heteroatoms. The molecule has 0 unspecified atom stereocenters. The van der Waals surface area contributed by atoms with Crippen molar-refractivity contribution in [2.24, 2.45) is 11.8 Å². The number of pyridine rings is 1. The molecular formula is C35H37N5O5. The third kappa shape index (κ3) is 5.84. The third-order valence-electron chi connectivity index (χ3n) is 8.99. The predicted molar refractivity (Wildman–Crippen MR) is 170 cm³/mol. The molecular weight excluding hydrogens is 570 g/mol. The zero-order chi connectivity index (χ0) is 30.9. The van der Waals surface area contributed by atoms with Gasteiger partial charge < -0.3 is 28.2 Å². The number of benzene rings is 2. The Bertz CT molecular complexity index is 1850. The second kappa shape index (κ2) is 12.3. The lowest BCUT2D eigenvalue weighted by Crippen LogP contribution is -2.39. The maximum Gasteiger partial charge on any atom is 0.410 e. The highest BCUT2D eigenvalue weighted by molar-refractivity contribution is 5.97. The molecule has 1 amide bonds. The average Bonchev–Trinajstić information content (AvgIpc) is 3.74. The fraction of sp³-hybridized carbons (Fsp3) is 0.371. The van der Waals surface area contributed by atoms with Crippen molar-refractivity contribution in [3.63, 3.8) is 0 Å². The summed E-state index contributed by atoms with van der Waals surface area (Å²) >= 11 is 0. The van der Waals surface area contributed by atoms with Crippen LogP contribution in [0.3, 0.4) is 0 Å². The number of imidazole rings is 1. The summed E-state index contributed by atoms with van der Waals surface area (Å²) in [7, 11) is 2.98.